The van der Waals surface area contributed by atoms with E-state index >= 15 is 0 Å². The molecular weight excluding hydrogens is 207 g/mol. The van der Waals surface area contributed by atoms with Gasteiger partial charge in [0.15, 0.2) is 0 Å². The van der Waals surface area contributed by atoms with E-state index in [1.54, 1.807) is 13.8 Å². The van der Waals surface area contributed by atoms with E-state index in [9.17, 15) is 4.89 Å². The van der Waals surface area contributed by atoms with Crippen LogP contribution in [-0.4, -0.2) is 43.6 Å². The van der Waals surface area contributed by atoms with Crippen LogP contribution in [0, 0.1) is 0 Å². The molecule has 3 nitrogen and oxygen atoms in total. The van der Waals surface area contributed by atoms with Gasteiger partial charge in [-0.3, -0.25) is 0 Å². The Morgan fingerprint density at radius 1 is 1.85 bits per heavy atom. The molecule has 13 heavy (non-hydrogen) atoms. The SMILES string of the molecule is [3H]C1C[C@@H](OC)[C@@H](CCP(C)(O)=S)O1. The average Bonchev–Trinajstić information content (AvgIpc) is 2.41. The lowest BCUT2D eigenvalue weighted by atomic mass is 10.1. The van der Waals surface area contributed by atoms with Crippen molar-refractivity contribution in [3.63, 3.8) is 0 Å². The third-order valence-electron chi connectivity index (χ3n) is 2.15. The molecule has 1 saturated heterocycles. The molecule has 1 aliphatic heterocycles. The lowest BCUT2D eigenvalue weighted by Gasteiger charge is -2.18. The largest absolute Gasteiger partial charge is 0.379 e. The van der Waals surface area contributed by atoms with Gasteiger partial charge in [-0.25, -0.2) is 0 Å². The summed E-state index contributed by atoms with van der Waals surface area (Å²) < 4.78 is 18.0. The number of rotatable bonds is 4. The van der Waals surface area contributed by atoms with Crippen molar-refractivity contribution in [1.29, 1.82) is 0 Å². The van der Waals surface area contributed by atoms with Gasteiger partial charge in [-0.2, -0.15) is 0 Å². The molecule has 0 spiro atoms. The summed E-state index contributed by atoms with van der Waals surface area (Å²) in [6.07, 6.45) is -0.326. The summed E-state index contributed by atoms with van der Waals surface area (Å²) in [6, 6.07) is 0. The minimum Gasteiger partial charge on any atom is -0.379 e. The second-order valence-corrected chi connectivity index (χ2v) is 8.32. The molecule has 1 aliphatic rings. The zero-order valence-corrected chi connectivity index (χ0v) is 9.68. The fourth-order valence-corrected chi connectivity index (χ4v) is 2.43. The maximum absolute atomic E-state index is 9.49. The van der Waals surface area contributed by atoms with Crippen LogP contribution in [0.4, 0.5) is 0 Å². The van der Waals surface area contributed by atoms with Crippen LogP contribution < -0.4 is 0 Å². The molecule has 2 unspecified atom stereocenters. The quantitative estimate of drug-likeness (QED) is 0.731. The molecule has 0 radical (unpaired) electrons. The summed E-state index contributed by atoms with van der Waals surface area (Å²) in [4.78, 5) is 9.49. The van der Waals surface area contributed by atoms with Gasteiger partial charge in [-0.05, 0) is 19.5 Å². The van der Waals surface area contributed by atoms with Crippen molar-refractivity contribution < 1.29 is 15.7 Å². The average molecular weight is 226 g/mol. The van der Waals surface area contributed by atoms with Gasteiger partial charge in [-0.1, -0.05) is 11.8 Å². The standard InChI is InChI=1S/C8H17O3PS/c1-10-7-3-5-11-8(7)4-6-12(2,9)13/h7-8H,3-6H2,1-2H3,(H,9,13)/t7-,8-,12?/m1/s1/i5T/t5?,7-,8-,12?. The lowest BCUT2D eigenvalue weighted by Crippen LogP contribution is -2.24. The molecule has 1 rings (SSSR count). The molecule has 0 aromatic heterocycles. The Labute approximate surface area is 85.9 Å². The highest BCUT2D eigenvalue weighted by atomic mass is 32.4. The van der Waals surface area contributed by atoms with Crippen molar-refractivity contribution in [2.24, 2.45) is 0 Å². The number of ether oxygens (including phenoxy) is 2. The second-order valence-electron chi connectivity index (χ2n) is 3.41. The normalized spacial score (nSPS) is 39.9. The summed E-state index contributed by atoms with van der Waals surface area (Å²) in [5, 5.41) is 0. The molecule has 78 valence electrons. The molecule has 0 aromatic rings. The van der Waals surface area contributed by atoms with Crippen LogP contribution in [0.1, 0.15) is 14.2 Å². The van der Waals surface area contributed by atoms with E-state index in [-0.39, 0.29) is 12.2 Å². The highest BCUT2D eigenvalue weighted by Gasteiger charge is 2.28. The molecule has 0 aliphatic carbocycles. The van der Waals surface area contributed by atoms with E-state index in [2.05, 4.69) is 0 Å². The van der Waals surface area contributed by atoms with E-state index < -0.39 is 12.8 Å². The van der Waals surface area contributed by atoms with Crippen LogP contribution in [0.25, 0.3) is 0 Å². The summed E-state index contributed by atoms with van der Waals surface area (Å²) in [6.45, 7) is 1.22. The summed E-state index contributed by atoms with van der Waals surface area (Å²) >= 11 is 4.95. The van der Waals surface area contributed by atoms with Crippen LogP contribution in [0.5, 0.6) is 0 Å². The Balaban J connectivity index is 2.40. The zero-order chi connectivity index (χ0) is 10.8. The maximum Gasteiger partial charge on any atom is 0.0854 e. The molecular formula is C8H17O3PS. The van der Waals surface area contributed by atoms with Crippen LogP contribution >= 0.6 is 6.26 Å². The van der Waals surface area contributed by atoms with E-state index in [1.807, 2.05) is 0 Å². The summed E-state index contributed by atoms with van der Waals surface area (Å²) in [5.74, 6) is 0. The molecule has 0 amide bonds. The Morgan fingerprint density at radius 2 is 2.54 bits per heavy atom. The van der Waals surface area contributed by atoms with Gasteiger partial charge < -0.3 is 14.4 Å². The summed E-state index contributed by atoms with van der Waals surface area (Å²) in [5.41, 5.74) is 0. The Morgan fingerprint density at radius 3 is 3.08 bits per heavy atom. The fourth-order valence-electron chi connectivity index (χ4n) is 1.38. The first-order valence-corrected chi connectivity index (χ1v) is 7.71. The van der Waals surface area contributed by atoms with Crippen molar-refractivity contribution >= 4 is 18.1 Å². The molecule has 0 saturated carbocycles. The van der Waals surface area contributed by atoms with Crippen molar-refractivity contribution in [2.45, 2.75) is 25.0 Å². The topological polar surface area (TPSA) is 38.7 Å². The van der Waals surface area contributed by atoms with E-state index in [4.69, 9.17) is 22.7 Å². The third kappa shape index (κ3) is 4.05. The first-order chi connectivity index (χ1) is 6.42. The highest BCUT2D eigenvalue weighted by Crippen LogP contribution is 2.38. The fraction of sp³-hybridized carbons (Fsp3) is 1.00. The molecule has 0 bridgehead atoms. The Bertz CT molecular complexity index is 233. The van der Waals surface area contributed by atoms with Gasteiger partial charge in [0.2, 0.25) is 0 Å². The van der Waals surface area contributed by atoms with E-state index in [0.29, 0.717) is 19.0 Å². The Hall–Kier alpha value is 0.530. The first-order valence-electron chi connectivity index (χ1n) is 4.90. The molecule has 1 N–H and O–H groups in total. The summed E-state index contributed by atoms with van der Waals surface area (Å²) in [7, 11) is 1.63. The lowest BCUT2D eigenvalue weighted by molar-refractivity contribution is 0.0148. The van der Waals surface area contributed by atoms with Crippen LogP contribution in [-0.2, 0) is 21.3 Å². The van der Waals surface area contributed by atoms with Crippen molar-refractivity contribution in [3.8, 4) is 0 Å². The molecule has 5 heteroatoms. The van der Waals surface area contributed by atoms with Gasteiger partial charge in [0.1, 0.15) is 0 Å². The van der Waals surface area contributed by atoms with Gasteiger partial charge in [-0.15, -0.1) is 0 Å². The van der Waals surface area contributed by atoms with Crippen molar-refractivity contribution in [3.05, 3.63) is 0 Å². The van der Waals surface area contributed by atoms with Gasteiger partial charge in [0, 0.05) is 19.9 Å². The molecule has 1 heterocycles. The van der Waals surface area contributed by atoms with Gasteiger partial charge >= 0.3 is 0 Å². The third-order valence-corrected chi connectivity index (χ3v) is 3.78. The number of hydrogen-bond donors (Lipinski definition) is 1. The number of methoxy groups -OCH3 is 1. The van der Waals surface area contributed by atoms with Crippen LogP contribution in [0.2, 0.25) is 0 Å². The van der Waals surface area contributed by atoms with Crippen LogP contribution in [0.15, 0.2) is 0 Å². The second kappa shape index (κ2) is 4.85. The molecule has 4 atom stereocenters. The predicted molar refractivity (Wildman–Crippen MR) is 57.1 cm³/mol. The molecule has 0 aromatic carbocycles. The minimum absolute atomic E-state index is 0.0148. The van der Waals surface area contributed by atoms with E-state index in [0.717, 1.165) is 0 Å². The number of hydrogen-bond acceptors (Lipinski definition) is 3. The monoisotopic (exact) mass is 226 g/mol. The van der Waals surface area contributed by atoms with Gasteiger partial charge in [0.05, 0.1) is 19.8 Å². The predicted octanol–water partition coefficient (Wildman–Crippen LogP) is 1.20. The maximum atomic E-state index is 9.49. The smallest absolute Gasteiger partial charge is 0.0854 e. The zero-order valence-electron chi connectivity index (χ0n) is 8.97. The van der Waals surface area contributed by atoms with E-state index in [1.165, 1.54) is 0 Å². The first kappa shape index (κ1) is 10.1. The van der Waals surface area contributed by atoms with Crippen LogP contribution in [0.3, 0.4) is 0 Å². The Kier molecular flexibility index (Phi) is 3.75. The minimum atomic E-state index is -2.14. The van der Waals surface area contributed by atoms with Crippen molar-refractivity contribution in [1.82, 2.24) is 0 Å². The van der Waals surface area contributed by atoms with Gasteiger partial charge in [0.25, 0.3) is 0 Å². The highest BCUT2D eigenvalue weighted by molar-refractivity contribution is 8.11. The van der Waals surface area contributed by atoms with Crippen molar-refractivity contribution in [2.75, 3.05) is 26.5 Å². The molecule has 1 fully saturated rings.